The van der Waals surface area contributed by atoms with Crippen molar-refractivity contribution in [1.82, 2.24) is 0 Å². The number of nitrogens with zero attached hydrogens (tertiary/aromatic N) is 1. The lowest BCUT2D eigenvalue weighted by Crippen LogP contribution is -2.25. The van der Waals surface area contributed by atoms with E-state index in [0.29, 0.717) is 6.42 Å². The Morgan fingerprint density at radius 3 is 2.67 bits per heavy atom. The molecule has 102 valence electrons. The number of fused-ring (bicyclic) bond motifs is 2. The van der Waals surface area contributed by atoms with Crippen LogP contribution in [0.3, 0.4) is 0 Å². The summed E-state index contributed by atoms with van der Waals surface area (Å²) in [5.41, 5.74) is 5.17. The van der Waals surface area contributed by atoms with Crippen LogP contribution in [-0.4, -0.2) is 12.0 Å². The summed E-state index contributed by atoms with van der Waals surface area (Å²) in [4.78, 5) is 16.7. The van der Waals surface area contributed by atoms with E-state index >= 15 is 0 Å². The fourth-order valence-electron chi connectivity index (χ4n) is 3.47. The zero-order valence-corrected chi connectivity index (χ0v) is 11.8. The van der Waals surface area contributed by atoms with Crippen LogP contribution < -0.4 is 0 Å². The average molecular weight is 273 g/mol. The summed E-state index contributed by atoms with van der Waals surface area (Å²) in [7, 11) is 0. The van der Waals surface area contributed by atoms with Gasteiger partial charge in [-0.05, 0) is 41.3 Å². The second-order valence-corrected chi connectivity index (χ2v) is 5.76. The van der Waals surface area contributed by atoms with E-state index in [4.69, 9.17) is 0 Å². The van der Waals surface area contributed by atoms with Crippen molar-refractivity contribution in [3.63, 3.8) is 0 Å². The minimum Gasteiger partial charge on any atom is -0.295 e. The number of allylic oxidation sites excluding steroid dienone is 2. The number of hydrogen-bond acceptors (Lipinski definition) is 2. The first kappa shape index (κ1) is 12.3. The summed E-state index contributed by atoms with van der Waals surface area (Å²) in [5, 5.41) is 0. The van der Waals surface area contributed by atoms with E-state index in [9.17, 15) is 4.79 Å². The topological polar surface area (TPSA) is 29.4 Å². The van der Waals surface area contributed by atoms with E-state index < -0.39 is 0 Å². The average Bonchev–Trinajstić information content (AvgIpc) is 3.02. The van der Waals surface area contributed by atoms with Crippen LogP contribution in [0.4, 0.5) is 5.69 Å². The largest absolute Gasteiger partial charge is 0.295 e. The molecule has 1 atom stereocenters. The van der Waals surface area contributed by atoms with Gasteiger partial charge in [0, 0.05) is 12.6 Å². The molecule has 0 amide bonds. The molecule has 2 aromatic carbocycles. The van der Waals surface area contributed by atoms with Crippen LogP contribution in [0.2, 0.25) is 0 Å². The molecule has 21 heavy (non-hydrogen) atoms. The van der Waals surface area contributed by atoms with Gasteiger partial charge in [0.2, 0.25) is 0 Å². The number of aliphatic imine (C=N–C) groups is 1. The SMILES string of the molecule is Cc1ccccc1C1=CC(=O)CC12C=Nc1ccccc12. The molecule has 4 rings (SSSR count). The maximum Gasteiger partial charge on any atom is 0.157 e. The zero-order chi connectivity index (χ0) is 14.4. The van der Waals surface area contributed by atoms with Gasteiger partial charge in [0.25, 0.3) is 0 Å². The van der Waals surface area contributed by atoms with Crippen LogP contribution in [0.15, 0.2) is 59.6 Å². The molecule has 2 heteroatoms. The van der Waals surface area contributed by atoms with Gasteiger partial charge in [-0.15, -0.1) is 0 Å². The Morgan fingerprint density at radius 2 is 1.81 bits per heavy atom. The maximum atomic E-state index is 12.2. The van der Waals surface area contributed by atoms with Gasteiger partial charge in [-0.3, -0.25) is 9.79 Å². The normalized spacial score (nSPS) is 22.7. The Balaban J connectivity index is 1.96. The van der Waals surface area contributed by atoms with Crippen molar-refractivity contribution < 1.29 is 4.79 Å². The minimum absolute atomic E-state index is 0.177. The molecule has 0 fully saturated rings. The second kappa shape index (κ2) is 4.26. The van der Waals surface area contributed by atoms with Gasteiger partial charge in [-0.2, -0.15) is 0 Å². The number of aryl methyl sites for hydroxylation is 1. The molecule has 0 saturated carbocycles. The van der Waals surface area contributed by atoms with Crippen molar-refractivity contribution in [3.8, 4) is 0 Å². The smallest absolute Gasteiger partial charge is 0.157 e. The Hall–Kier alpha value is -2.48. The van der Waals surface area contributed by atoms with E-state index in [1.54, 1.807) is 6.08 Å². The van der Waals surface area contributed by atoms with E-state index in [2.05, 4.69) is 30.1 Å². The Kier molecular flexibility index (Phi) is 2.49. The Morgan fingerprint density at radius 1 is 1.05 bits per heavy atom. The zero-order valence-electron chi connectivity index (χ0n) is 11.8. The molecule has 0 radical (unpaired) electrons. The van der Waals surface area contributed by atoms with Gasteiger partial charge >= 0.3 is 0 Å². The molecular weight excluding hydrogens is 258 g/mol. The number of benzene rings is 2. The number of carbonyl (C=O) groups excluding carboxylic acids is 1. The van der Waals surface area contributed by atoms with E-state index in [-0.39, 0.29) is 11.2 Å². The van der Waals surface area contributed by atoms with E-state index in [1.165, 1.54) is 5.56 Å². The molecule has 1 aliphatic carbocycles. The highest BCUT2D eigenvalue weighted by Gasteiger charge is 2.45. The van der Waals surface area contributed by atoms with Gasteiger partial charge < -0.3 is 0 Å². The third kappa shape index (κ3) is 1.65. The van der Waals surface area contributed by atoms with Gasteiger partial charge in [0.15, 0.2) is 5.78 Å². The molecule has 0 saturated heterocycles. The van der Waals surface area contributed by atoms with Crippen LogP contribution >= 0.6 is 0 Å². The fraction of sp³-hybridized carbons (Fsp3) is 0.158. The van der Waals surface area contributed by atoms with Crippen molar-refractivity contribution in [2.75, 3.05) is 0 Å². The molecule has 0 N–H and O–H groups in total. The Labute approximate surface area is 123 Å². The number of carbonyl (C=O) groups is 1. The van der Waals surface area contributed by atoms with Crippen LogP contribution in [0.1, 0.15) is 23.1 Å². The Bertz CT molecular complexity index is 816. The number of ketones is 1. The number of hydrogen-bond donors (Lipinski definition) is 0. The lowest BCUT2D eigenvalue weighted by molar-refractivity contribution is -0.114. The monoisotopic (exact) mass is 273 g/mol. The summed E-state index contributed by atoms with van der Waals surface area (Å²) < 4.78 is 0. The molecule has 0 bridgehead atoms. The van der Waals surface area contributed by atoms with Crippen molar-refractivity contribution >= 4 is 23.3 Å². The second-order valence-electron chi connectivity index (χ2n) is 5.76. The van der Waals surface area contributed by atoms with Gasteiger partial charge in [-0.1, -0.05) is 42.5 Å². The third-order valence-electron chi connectivity index (χ3n) is 4.48. The first-order valence-corrected chi connectivity index (χ1v) is 7.16. The fourth-order valence-corrected chi connectivity index (χ4v) is 3.47. The molecule has 1 aliphatic heterocycles. The molecular formula is C19H15NO. The van der Waals surface area contributed by atoms with Gasteiger partial charge in [0.05, 0.1) is 11.1 Å². The molecule has 2 nitrogen and oxygen atoms in total. The molecule has 1 heterocycles. The van der Waals surface area contributed by atoms with Gasteiger partial charge in [0.1, 0.15) is 0 Å². The van der Waals surface area contributed by atoms with Crippen molar-refractivity contribution in [2.45, 2.75) is 18.8 Å². The molecule has 1 spiro atoms. The van der Waals surface area contributed by atoms with E-state index in [1.807, 2.05) is 36.5 Å². The van der Waals surface area contributed by atoms with Crippen molar-refractivity contribution in [3.05, 3.63) is 71.3 Å². The molecule has 1 unspecified atom stereocenters. The van der Waals surface area contributed by atoms with Crippen molar-refractivity contribution in [2.24, 2.45) is 4.99 Å². The summed E-state index contributed by atoms with van der Waals surface area (Å²) in [6.07, 6.45) is 4.24. The first-order chi connectivity index (χ1) is 10.2. The van der Waals surface area contributed by atoms with Gasteiger partial charge in [-0.25, -0.2) is 0 Å². The predicted octanol–water partition coefficient (Wildman–Crippen LogP) is 4.01. The number of rotatable bonds is 1. The minimum atomic E-state index is -0.375. The van der Waals surface area contributed by atoms with E-state index in [0.717, 1.165) is 22.4 Å². The lowest BCUT2D eigenvalue weighted by atomic mass is 9.73. The standard InChI is InChI=1S/C19H15NO/c1-13-6-2-3-7-15(13)17-10-14(21)11-19(17)12-20-18-9-5-4-8-16(18)19/h2-10,12H,11H2,1H3. The van der Waals surface area contributed by atoms with Crippen LogP contribution in [0.25, 0.3) is 5.57 Å². The lowest BCUT2D eigenvalue weighted by Gasteiger charge is -2.26. The van der Waals surface area contributed by atoms with Crippen LogP contribution in [-0.2, 0) is 10.2 Å². The number of para-hydroxylation sites is 1. The third-order valence-corrected chi connectivity index (χ3v) is 4.48. The molecule has 2 aliphatic rings. The van der Waals surface area contributed by atoms with Crippen molar-refractivity contribution in [1.29, 1.82) is 0 Å². The summed E-state index contributed by atoms with van der Waals surface area (Å²) in [6.45, 7) is 2.09. The quantitative estimate of drug-likeness (QED) is 0.772. The van der Waals surface area contributed by atoms with Crippen LogP contribution in [0, 0.1) is 6.92 Å². The summed E-state index contributed by atoms with van der Waals surface area (Å²) >= 11 is 0. The highest BCUT2D eigenvalue weighted by molar-refractivity contribution is 6.15. The molecule has 0 aromatic heterocycles. The highest BCUT2D eigenvalue weighted by Crippen LogP contribution is 2.51. The summed E-state index contributed by atoms with van der Waals surface area (Å²) in [6, 6.07) is 16.3. The predicted molar refractivity (Wildman–Crippen MR) is 85.1 cm³/mol. The summed E-state index contributed by atoms with van der Waals surface area (Å²) in [5.74, 6) is 0.177. The highest BCUT2D eigenvalue weighted by atomic mass is 16.1. The molecule has 2 aromatic rings. The maximum absolute atomic E-state index is 12.2. The first-order valence-electron chi connectivity index (χ1n) is 7.16. The van der Waals surface area contributed by atoms with Crippen LogP contribution in [0.5, 0.6) is 0 Å².